The summed E-state index contributed by atoms with van der Waals surface area (Å²) in [5.41, 5.74) is -2.72. The highest BCUT2D eigenvalue weighted by molar-refractivity contribution is 6.17. The third kappa shape index (κ3) is 4.16. The first kappa shape index (κ1) is 16.4. The number of hydrogen-bond acceptors (Lipinski definition) is 3. The summed E-state index contributed by atoms with van der Waals surface area (Å²) in [4.78, 5) is 3.12. The van der Waals surface area contributed by atoms with Crippen LogP contribution in [0.3, 0.4) is 0 Å². The smallest absolute Gasteiger partial charge is 0.388 e. The number of nitrogens with zero attached hydrogens (tertiary/aromatic N) is 2. The van der Waals surface area contributed by atoms with Crippen molar-refractivity contribution in [3.05, 3.63) is 22.9 Å². The number of ether oxygens (including phenoxy) is 1. The van der Waals surface area contributed by atoms with E-state index in [1.807, 2.05) is 0 Å². The van der Waals surface area contributed by atoms with Crippen LogP contribution in [0.2, 0.25) is 0 Å². The molecule has 0 spiro atoms. The van der Waals surface area contributed by atoms with Gasteiger partial charge in [-0.3, -0.25) is 0 Å². The Kier molecular flexibility index (Phi) is 4.70. The van der Waals surface area contributed by atoms with Crippen molar-refractivity contribution in [3.8, 4) is 11.9 Å². The van der Waals surface area contributed by atoms with E-state index in [0.29, 0.717) is 6.07 Å². The van der Waals surface area contributed by atoms with Gasteiger partial charge in [-0.25, -0.2) is 4.98 Å². The molecule has 20 heavy (non-hydrogen) atoms. The van der Waals surface area contributed by atoms with Gasteiger partial charge in [0.15, 0.2) is 0 Å². The number of hydrogen-bond donors (Lipinski definition) is 0. The molecule has 1 heterocycles. The van der Waals surface area contributed by atoms with Gasteiger partial charge in [0.05, 0.1) is 29.6 Å². The number of aromatic nitrogens is 1. The second kappa shape index (κ2) is 5.75. The fraction of sp³-hybridized carbons (Fsp3) is 0.400. The number of pyridine rings is 1. The van der Waals surface area contributed by atoms with Gasteiger partial charge in [-0.05, 0) is 6.07 Å². The molecule has 0 aliphatic heterocycles. The van der Waals surface area contributed by atoms with E-state index >= 15 is 0 Å². The Labute approximate surface area is 113 Å². The molecular weight excluding hydrogens is 314 g/mol. The zero-order valence-corrected chi connectivity index (χ0v) is 10.2. The number of rotatable bonds is 3. The van der Waals surface area contributed by atoms with E-state index in [4.69, 9.17) is 16.9 Å². The van der Waals surface area contributed by atoms with E-state index in [1.54, 1.807) is 0 Å². The molecule has 0 amide bonds. The lowest BCUT2D eigenvalue weighted by atomic mass is 10.1. The number of nitriles is 1. The van der Waals surface area contributed by atoms with Crippen LogP contribution < -0.4 is 4.74 Å². The Bertz CT molecular complexity index is 534. The molecule has 0 bridgehead atoms. The van der Waals surface area contributed by atoms with Crippen LogP contribution in [0.4, 0.5) is 26.3 Å². The van der Waals surface area contributed by atoms with Gasteiger partial charge < -0.3 is 4.74 Å². The normalized spacial score (nSPS) is 12.1. The van der Waals surface area contributed by atoms with Gasteiger partial charge in [-0.2, -0.15) is 18.4 Å². The highest BCUT2D eigenvalue weighted by atomic mass is 35.5. The summed E-state index contributed by atoms with van der Waals surface area (Å²) in [5, 5.41) is 8.44. The molecule has 110 valence electrons. The van der Waals surface area contributed by atoms with E-state index in [2.05, 4.69) is 9.72 Å². The first-order valence-corrected chi connectivity index (χ1v) is 5.40. The van der Waals surface area contributed by atoms with Crippen molar-refractivity contribution in [3.63, 3.8) is 0 Å². The number of alkyl halides is 7. The largest absolute Gasteiger partial charge is 0.574 e. The Balaban J connectivity index is 3.42. The lowest BCUT2D eigenvalue weighted by Gasteiger charge is -2.16. The van der Waals surface area contributed by atoms with E-state index in [0.717, 1.165) is 0 Å². The summed E-state index contributed by atoms with van der Waals surface area (Å²) in [6.45, 7) is 0. The molecule has 0 aliphatic carbocycles. The molecule has 0 aromatic carbocycles. The minimum Gasteiger partial charge on any atom is -0.388 e. The first-order valence-electron chi connectivity index (χ1n) is 4.87. The molecule has 1 aromatic heterocycles. The lowest BCUT2D eigenvalue weighted by Crippen LogP contribution is -2.21. The molecule has 0 aliphatic rings. The van der Waals surface area contributed by atoms with Crippen molar-refractivity contribution < 1.29 is 31.1 Å². The average molecular weight is 319 g/mol. The molecule has 10 heteroatoms. The summed E-state index contributed by atoms with van der Waals surface area (Å²) >= 11 is 5.25. The van der Waals surface area contributed by atoms with Gasteiger partial charge in [-0.15, -0.1) is 24.8 Å². The van der Waals surface area contributed by atoms with Crippen LogP contribution in [-0.2, 0) is 18.5 Å². The Hall–Kier alpha value is -1.69. The maximum atomic E-state index is 12.7. The number of halogens is 7. The third-order valence-electron chi connectivity index (χ3n) is 2.05. The molecule has 1 rings (SSSR count). The van der Waals surface area contributed by atoms with E-state index in [9.17, 15) is 26.3 Å². The monoisotopic (exact) mass is 318 g/mol. The molecule has 1 aromatic rings. The second-order valence-corrected chi connectivity index (χ2v) is 3.73. The zero-order chi connectivity index (χ0) is 15.6. The molecule has 0 fully saturated rings. The average Bonchev–Trinajstić information content (AvgIpc) is 2.27. The maximum Gasteiger partial charge on any atom is 0.574 e. The minimum atomic E-state index is -5.14. The van der Waals surface area contributed by atoms with Crippen molar-refractivity contribution >= 4 is 11.6 Å². The topological polar surface area (TPSA) is 45.9 Å². The molecule has 0 radical (unpaired) electrons. The van der Waals surface area contributed by atoms with Crippen LogP contribution in [0.5, 0.6) is 5.88 Å². The summed E-state index contributed by atoms with van der Waals surface area (Å²) in [7, 11) is 0. The first-order chi connectivity index (χ1) is 9.08. The molecule has 0 unspecified atom stereocenters. The minimum absolute atomic E-state index is 0.384. The highest BCUT2D eigenvalue weighted by Gasteiger charge is 2.37. The van der Waals surface area contributed by atoms with Gasteiger partial charge in [0.1, 0.15) is 0 Å². The van der Waals surface area contributed by atoms with Gasteiger partial charge >= 0.3 is 12.5 Å². The van der Waals surface area contributed by atoms with Crippen LogP contribution in [0.25, 0.3) is 0 Å². The fourth-order valence-corrected chi connectivity index (χ4v) is 1.53. The molecule has 3 nitrogen and oxygen atoms in total. The van der Waals surface area contributed by atoms with Crippen LogP contribution in [0.1, 0.15) is 16.8 Å². The van der Waals surface area contributed by atoms with Crippen LogP contribution >= 0.6 is 11.6 Å². The predicted molar refractivity (Wildman–Crippen MR) is 54.8 cm³/mol. The van der Waals surface area contributed by atoms with Crippen molar-refractivity contribution in [1.82, 2.24) is 4.98 Å². The zero-order valence-electron chi connectivity index (χ0n) is 9.44. The summed E-state index contributed by atoms with van der Waals surface area (Å²) in [6.07, 6.45) is -10.7. The van der Waals surface area contributed by atoms with Gasteiger partial charge in [0.25, 0.3) is 0 Å². The van der Waals surface area contributed by atoms with Crippen molar-refractivity contribution in [1.29, 1.82) is 5.26 Å². The van der Waals surface area contributed by atoms with E-state index in [-0.39, 0.29) is 0 Å². The van der Waals surface area contributed by atoms with E-state index < -0.39 is 47.5 Å². The van der Waals surface area contributed by atoms with Crippen LogP contribution in [0, 0.1) is 11.3 Å². The van der Waals surface area contributed by atoms with Gasteiger partial charge in [0, 0.05) is 5.56 Å². The molecule has 0 N–H and O–H groups in total. The molecule has 0 saturated heterocycles. The highest BCUT2D eigenvalue weighted by Crippen LogP contribution is 2.36. The standard InChI is InChI=1S/C10H5ClF6N2O/c11-4-7-6(9(12,13)14)3-5(1-2-18)8(19-7)20-10(15,16)17/h3H,1,4H2. The predicted octanol–water partition coefficient (Wildman–Crippen LogP) is 3.80. The Morgan fingerprint density at radius 2 is 1.85 bits per heavy atom. The maximum absolute atomic E-state index is 12.7. The van der Waals surface area contributed by atoms with Crippen LogP contribution in [-0.4, -0.2) is 11.3 Å². The Morgan fingerprint density at radius 1 is 1.25 bits per heavy atom. The third-order valence-corrected chi connectivity index (χ3v) is 2.31. The second-order valence-electron chi connectivity index (χ2n) is 3.46. The lowest BCUT2D eigenvalue weighted by molar-refractivity contribution is -0.276. The van der Waals surface area contributed by atoms with E-state index in [1.165, 1.54) is 6.07 Å². The fourth-order valence-electron chi connectivity index (χ4n) is 1.33. The summed E-state index contributed by atoms with van der Waals surface area (Å²) in [6, 6.07) is 1.82. The van der Waals surface area contributed by atoms with Crippen molar-refractivity contribution in [2.24, 2.45) is 0 Å². The molecule has 0 saturated carbocycles. The Morgan fingerprint density at radius 3 is 2.25 bits per heavy atom. The molecule has 0 atom stereocenters. The van der Waals surface area contributed by atoms with Crippen molar-refractivity contribution in [2.75, 3.05) is 0 Å². The summed E-state index contributed by atoms with van der Waals surface area (Å²) in [5.74, 6) is -1.86. The van der Waals surface area contributed by atoms with Gasteiger partial charge in [-0.1, -0.05) is 0 Å². The SMILES string of the molecule is N#CCc1cc(C(F)(F)F)c(CCl)nc1OC(F)(F)F. The van der Waals surface area contributed by atoms with Crippen LogP contribution in [0.15, 0.2) is 6.07 Å². The van der Waals surface area contributed by atoms with Gasteiger partial charge in [0.2, 0.25) is 5.88 Å². The van der Waals surface area contributed by atoms with Crippen molar-refractivity contribution in [2.45, 2.75) is 24.8 Å². The molecular formula is C10H5ClF6N2O. The summed E-state index contributed by atoms with van der Waals surface area (Å²) < 4.78 is 77.9. The quantitative estimate of drug-likeness (QED) is 0.629.